The molecule has 0 aliphatic carbocycles. The molecule has 6 nitrogen and oxygen atoms in total. The van der Waals surface area contributed by atoms with Gasteiger partial charge in [-0.3, -0.25) is 9.59 Å². The van der Waals surface area contributed by atoms with E-state index in [4.69, 9.17) is 5.11 Å². The fourth-order valence-electron chi connectivity index (χ4n) is 2.32. The molecule has 0 unspecified atom stereocenters. The lowest BCUT2D eigenvalue weighted by Crippen LogP contribution is -2.48. The smallest absolute Gasteiger partial charge is 0.326 e. The van der Waals surface area contributed by atoms with E-state index in [1.807, 2.05) is 0 Å². The number of rotatable bonds is 2. The summed E-state index contributed by atoms with van der Waals surface area (Å²) in [6.07, 6.45) is 3.54. The summed E-state index contributed by atoms with van der Waals surface area (Å²) in [5, 5.41) is 9.15. The minimum absolute atomic E-state index is 0.204. The third-order valence-electron chi connectivity index (χ3n) is 3.38. The van der Waals surface area contributed by atoms with E-state index in [0.29, 0.717) is 18.5 Å². The van der Waals surface area contributed by atoms with Gasteiger partial charge in [-0.1, -0.05) is 0 Å². The number of nitrogens with zero attached hydrogens (tertiary/aromatic N) is 2. The number of carboxylic acids is 1. The second kappa shape index (κ2) is 5.26. The zero-order valence-electron chi connectivity index (χ0n) is 10.7. The minimum atomic E-state index is -0.974. The molecule has 1 fully saturated rings. The van der Waals surface area contributed by atoms with Crippen LogP contribution in [0.25, 0.3) is 0 Å². The Bertz CT molecular complexity index is 564. The summed E-state index contributed by atoms with van der Waals surface area (Å²) in [4.78, 5) is 36.2. The molecule has 1 aliphatic heterocycles. The highest BCUT2D eigenvalue weighted by Gasteiger charge is 2.32. The molecule has 0 bridgehead atoms. The monoisotopic (exact) mass is 264 g/mol. The Kier molecular flexibility index (Phi) is 3.69. The van der Waals surface area contributed by atoms with Crippen LogP contribution in [0, 0.1) is 0 Å². The highest BCUT2D eigenvalue weighted by atomic mass is 16.4. The molecule has 2 rings (SSSR count). The van der Waals surface area contributed by atoms with E-state index in [9.17, 15) is 14.4 Å². The average Bonchev–Trinajstić information content (AvgIpc) is 2.41. The quantitative estimate of drug-likeness (QED) is 0.841. The fraction of sp³-hybridized carbons (Fsp3) is 0.462. The number of carbonyl (C=O) groups excluding carboxylic acids is 1. The maximum Gasteiger partial charge on any atom is 0.326 e. The molecule has 2 heterocycles. The van der Waals surface area contributed by atoms with Gasteiger partial charge in [0.15, 0.2) is 0 Å². The van der Waals surface area contributed by atoms with Crippen LogP contribution in [0.15, 0.2) is 23.1 Å². The lowest BCUT2D eigenvalue weighted by atomic mass is 10.0. The van der Waals surface area contributed by atoms with E-state index in [1.54, 1.807) is 7.05 Å². The largest absolute Gasteiger partial charge is 0.480 e. The summed E-state index contributed by atoms with van der Waals surface area (Å²) in [5.41, 5.74) is 0.139. The van der Waals surface area contributed by atoms with Gasteiger partial charge in [-0.2, -0.15) is 0 Å². The number of hydrogen-bond acceptors (Lipinski definition) is 3. The van der Waals surface area contributed by atoms with Gasteiger partial charge < -0.3 is 14.6 Å². The molecule has 0 radical (unpaired) electrons. The maximum absolute atomic E-state index is 12.3. The predicted octanol–water partition coefficient (Wildman–Crippen LogP) is 0.465. The van der Waals surface area contributed by atoms with E-state index >= 15 is 0 Å². The molecular weight excluding hydrogens is 248 g/mol. The molecule has 102 valence electrons. The first-order valence-corrected chi connectivity index (χ1v) is 6.21. The number of carbonyl (C=O) groups is 2. The summed E-state index contributed by atoms with van der Waals surface area (Å²) in [6.45, 7) is 0.443. The van der Waals surface area contributed by atoms with E-state index in [-0.39, 0.29) is 11.5 Å². The molecule has 0 aromatic carbocycles. The minimum Gasteiger partial charge on any atom is -0.480 e. The first-order chi connectivity index (χ1) is 9.00. The number of carboxylic acid groups (broad SMARTS) is 1. The molecule has 1 aromatic heterocycles. The maximum atomic E-state index is 12.3. The van der Waals surface area contributed by atoms with Crippen LogP contribution in [0.5, 0.6) is 0 Å². The van der Waals surface area contributed by atoms with Crippen molar-refractivity contribution in [3.05, 3.63) is 34.2 Å². The van der Waals surface area contributed by atoms with Crippen molar-refractivity contribution >= 4 is 11.9 Å². The number of likely N-dealkylation sites (tertiary alicyclic amines) is 1. The van der Waals surface area contributed by atoms with Crippen molar-refractivity contribution in [2.75, 3.05) is 6.54 Å². The van der Waals surface area contributed by atoms with E-state index < -0.39 is 12.0 Å². The SMILES string of the molecule is Cn1cc(C(=O)N2CCCC[C@@H]2C(=O)O)ccc1=O. The third kappa shape index (κ3) is 2.67. The first kappa shape index (κ1) is 13.3. The number of piperidine rings is 1. The normalized spacial score (nSPS) is 19.2. The van der Waals surface area contributed by atoms with Gasteiger partial charge >= 0.3 is 5.97 Å². The molecule has 1 aromatic rings. The molecule has 1 N–H and O–H groups in total. The van der Waals surface area contributed by atoms with Crippen molar-refractivity contribution < 1.29 is 14.7 Å². The zero-order chi connectivity index (χ0) is 14.0. The Hall–Kier alpha value is -2.11. The Morgan fingerprint density at radius 2 is 2.05 bits per heavy atom. The average molecular weight is 264 g/mol. The van der Waals surface area contributed by atoms with Crippen LogP contribution in [0.3, 0.4) is 0 Å². The summed E-state index contributed by atoms with van der Waals surface area (Å²) in [5.74, 6) is -1.31. The van der Waals surface area contributed by atoms with Crippen molar-refractivity contribution in [1.82, 2.24) is 9.47 Å². The van der Waals surface area contributed by atoms with Crippen LogP contribution in [-0.2, 0) is 11.8 Å². The molecule has 1 amide bonds. The van der Waals surface area contributed by atoms with E-state index in [0.717, 1.165) is 12.8 Å². The number of pyridine rings is 1. The second-order valence-electron chi connectivity index (χ2n) is 4.72. The summed E-state index contributed by atoms with van der Waals surface area (Å²) in [6, 6.07) is 1.99. The lowest BCUT2D eigenvalue weighted by Gasteiger charge is -2.33. The molecule has 1 aliphatic rings. The molecule has 6 heteroatoms. The van der Waals surface area contributed by atoms with Gasteiger partial charge in [-0.25, -0.2) is 4.79 Å². The predicted molar refractivity (Wildman–Crippen MR) is 68.0 cm³/mol. The van der Waals surface area contributed by atoms with Crippen molar-refractivity contribution in [2.45, 2.75) is 25.3 Å². The molecule has 0 saturated carbocycles. The first-order valence-electron chi connectivity index (χ1n) is 6.21. The Morgan fingerprint density at radius 1 is 1.32 bits per heavy atom. The highest BCUT2D eigenvalue weighted by Crippen LogP contribution is 2.19. The number of aryl methyl sites for hydroxylation is 1. The number of aromatic nitrogens is 1. The zero-order valence-corrected chi connectivity index (χ0v) is 10.7. The number of hydrogen-bond donors (Lipinski definition) is 1. The van der Waals surface area contributed by atoms with Crippen LogP contribution in [0.2, 0.25) is 0 Å². The summed E-state index contributed by atoms with van der Waals surface area (Å²) < 4.78 is 1.31. The summed E-state index contributed by atoms with van der Waals surface area (Å²) >= 11 is 0. The van der Waals surface area contributed by atoms with Gasteiger partial charge in [0, 0.05) is 25.9 Å². The van der Waals surface area contributed by atoms with Crippen molar-refractivity contribution in [3.8, 4) is 0 Å². The molecule has 0 spiro atoms. The van der Waals surface area contributed by atoms with E-state index in [1.165, 1.54) is 27.8 Å². The van der Waals surface area contributed by atoms with Gasteiger partial charge in [-0.15, -0.1) is 0 Å². The van der Waals surface area contributed by atoms with Crippen LogP contribution in [-0.4, -0.2) is 39.0 Å². The van der Waals surface area contributed by atoms with Crippen molar-refractivity contribution in [1.29, 1.82) is 0 Å². The van der Waals surface area contributed by atoms with Crippen LogP contribution >= 0.6 is 0 Å². The topological polar surface area (TPSA) is 79.6 Å². The van der Waals surface area contributed by atoms with Crippen LogP contribution < -0.4 is 5.56 Å². The van der Waals surface area contributed by atoms with Gasteiger partial charge in [-0.05, 0) is 25.3 Å². The van der Waals surface area contributed by atoms with Crippen molar-refractivity contribution in [2.24, 2.45) is 7.05 Å². The Labute approximate surface area is 110 Å². The van der Waals surface area contributed by atoms with Gasteiger partial charge in [0.1, 0.15) is 6.04 Å². The van der Waals surface area contributed by atoms with Crippen LogP contribution in [0.1, 0.15) is 29.6 Å². The van der Waals surface area contributed by atoms with Crippen molar-refractivity contribution in [3.63, 3.8) is 0 Å². The highest BCUT2D eigenvalue weighted by molar-refractivity contribution is 5.96. The molecule has 19 heavy (non-hydrogen) atoms. The summed E-state index contributed by atoms with van der Waals surface area (Å²) in [7, 11) is 1.56. The van der Waals surface area contributed by atoms with Gasteiger partial charge in [0.25, 0.3) is 5.91 Å². The second-order valence-corrected chi connectivity index (χ2v) is 4.72. The van der Waals surface area contributed by atoms with Gasteiger partial charge in [0.05, 0.1) is 5.56 Å². The lowest BCUT2D eigenvalue weighted by molar-refractivity contribution is -0.143. The standard InChI is InChI=1S/C13H16N2O4/c1-14-8-9(5-6-11(14)16)12(17)15-7-3-2-4-10(15)13(18)19/h5-6,8,10H,2-4,7H2,1H3,(H,18,19)/t10-/m1/s1. The Morgan fingerprint density at radius 3 is 2.68 bits per heavy atom. The molecule has 1 saturated heterocycles. The fourth-order valence-corrected chi connectivity index (χ4v) is 2.32. The number of aliphatic carboxylic acids is 1. The van der Waals surface area contributed by atoms with Crippen LogP contribution in [0.4, 0.5) is 0 Å². The van der Waals surface area contributed by atoms with E-state index in [2.05, 4.69) is 0 Å². The number of amides is 1. The third-order valence-corrected chi connectivity index (χ3v) is 3.38. The molecule has 1 atom stereocenters. The Balaban J connectivity index is 2.28. The van der Waals surface area contributed by atoms with Gasteiger partial charge in [0.2, 0.25) is 5.56 Å². The molecular formula is C13H16N2O4.